The van der Waals surface area contributed by atoms with Crippen LogP contribution in [0.4, 0.5) is 4.39 Å². The highest BCUT2D eigenvalue weighted by Gasteiger charge is 2.37. The minimum absolute atomic E-state index is 0.147. The average molecular weight is 331 g/mol. The summed E-state index contributed by atoms with van der Waals surface area (Å²) in [6.07, 6.45) is 3.62. The Balaban J connectivity index is 2.19. The fourth-order valence-electron chi connectivity index (χ4n) is 3.98. The number of hydrogen-bond acceptors (Lipinski definition) is 0. The molecule has 0 radical (unpaired) electrons. The van der Waals surface area contributed by atoms with Crippen molar-refractivity contribution in [3.05, 3.63) is 58.9 Å². The Labute approximate surface area is 143 Å². The molecule has 1 atom stereocenters. The van der Waals surface area contributed by atoms with Gasteiger partial charge in [0.25, 0.3) is 0 Å². The molecule has 1 aliphatic carbocycles. The molecule has 23 heavy (non-hydrogen) atoms. The lowest BCUT2D eigenvalue weighted by molar-refractivity contribution is 0.332. The summed E-state index contributed by atoms with van der Waals surface area (Å²) in [5.41, 5.74) is 5.44. The van der Waals surface area contributed by atoms with Gasteiger partial charge in [-0.15, -0.1) is 11.6 Å². The summed E-state index contributed by atoms with van der Waals surface area (Å²) < 4.78 is 14.5. The van der Waals surface area contributed by atoms with Crippen LogP contribution in [-0.4, -0.2) is 0 Å². The van der Waals surface area contributed by atoms with Crippen LogP contribution < -0.4 is 0 Å². The lowest BCUT2D eigenvalue weighted by atomic mass is 9.75. The SMILES string of the molecule is Cc1ccc(F)c(-c2ccc(CCl)cc2[C@@H]2CCCC2(C)C)c1. The molecule has 0 spiro atoms. The number of halogens is 2. The second-order valence-corrected chi connectivity index (χ2v) is 7.74. The van der Waals surface area contributed by atoms with Crippen LogP contribution in [0.5, 0.6) is 0 Å². The predicted molar refractivity (Wildman–Crippen MR) is 96.5 cm³/mol. The van der Waals surface area contributed by atoms with E-state index in [9.17, 15) is 4.39 Å². The largest absolute Gasteiger partial charge is 0.206 e. The van der Waals surface area contributed by atoms with Crippen molar-refractivity contribution in [1.29, 1.82) is 0 Å². The van der Waals surface area contributed by atoms with E-state index in [0.717, 1.165) is 16.7 Å². The summed E-state index contributed by atoms with van der Waals surface area (Å²) >= 11 is 6.06. The predicted octanol–water partition coefficient (Wildman–Crippen LogP) is 6.83. The van der Waals surface area contributed by atoms with Crippen molar-refractivity contribution in [3.8, 4) is 11.1 Å². The Kier molecular flexibility index (Phi) is 4.51. The van der Waals surface area contributed by atoms with Crippen LogP contribution in [0.3, 0.4) is 0 Å². The summed E-state index contributed by atoms with van der Waals surface area (Å²) in [6.45, 7) is 6.66. The summed E-state index contributed by atoms with van der Waals surface area (Å²) in [6, 6.07) is 11.6. The standard InChI is InChI=1S/C21H24ClF/c1-14-6-9-20(23)18(11-14)16-8-7-15(13-22)12-17(16)19-5-4-10-21(19,2)3/h6-9,11-12,19H,4-5,10,13H2,1-3H3/t19-/m0/s1. The second-order valence-electron chi connectivity index (χ2n) is 7.47. The van der Waals surface area contributed by atoms with Gasteiger partial charge in [-0.2, -0.15) is 0 Å². The van der Waals surface area contributed by atoms with E-state index in [4.69, 9.17) is 11.6 Å². The molecule has 122 valence electrons. The zero-order chi connectivity index (χ0) is 16.6. The minimum atomic E-state index is -0.147. The molecule has 0 aliphatic heterocycles. The van der Waals surface area contributed by atoms with E-state index in [0.29, 0.717) is 17.4 Å². The Morgan fingerprint density at radius 3 is 2.57 bits per heavy atom. The molecule has 2 aromatic carbocycles. The first-order valence-corrected chi connectivity index (χ1v) is 8.91. The van der Waals surface area contributed by atoms with Gasteiger partial charge in [0.15, 0.2) is 0 Å². The van der Waals surface area contributed by atoms with Crippen LogP contribution in [0.15, 0.2) is 36.4 Å². The van der Waals surface area contributed by atoms with Gasteiger partial charge in [-0.1, -0.05) is 50.1 Å². The molecule has 1 aliphatic rings. The lowest BCUT2D eigenvalue weighted by Gasteiger charge is -2.30. The maximum atomic E-state index is 14.5. The van der Waals surface area contributed by atoms with E-state index in [1.807, 2.05) is 25.1 Å². The first kappa shape index (κ1) is 16.5. The second kappa shape index (κ2) is 6.28. The fourth-order valence-corrected chi connectivity index (χ4v) is 4.14. The summed E-state index contributed by atoms with van der Waals surface area (Å²) in [5.74, 6) is 0.809. The minimum Gasteiger partial charge on any atom is -0.206 e. The van der Waals surface area contributed by atoms with E-state index in [-0.39, 0.29) is 11.2 Å². The van der Waals surface area contributed by atoms with Crippen LogP contribution in [0.1, 0.15) is 55.7 Å². The zero-order valence-electron chi connectivity index (χ0n) is 14.1. The van der Waals surface area contributed by atoms with Crippen LogP contribution in [-0.2, 0) is 5.88 Å². The van der Waals surface area contributed by atoms with Crippen molar-refractivity contribution >= 4 is 11.6 Å². The molecule has 0 N–H and O–H groups in total. The molecule has 0 aromatic heterocycles. The molecule has 0 heterocycles. The number of aryl methyl sites for hydroxylation is 1. The summed E-state index contributed by atoms with van der Waals surface area (Å²) in [4.78, 5) is 0. The molecule has 3 rings (SSSR count). The first-order chi connectivity index (χ1) is 10.9. The van der Waals surface area contributed by atoms with Crippen molar-refractivity contribution in [1.82, 2.24) is 0 Å². The molecular weight excluding hydrogens is 307 g/mol. The Bertz CT molecular complexity index is 718. The summed E-state index contributed by atoms with van der Waals surface area (Å²) in [7, 11) is 0. The number of benzene rings is 2. The Morgan fingerprint density at radius 2 is 1.91 bits per heavy atom. The quantitative estimate of drug-likeness (QED) is 0.541. The zero-order valence-corrected chi connectivity index (χ0v) is 14.9. The number of hydrogen-bond donors (Lipinski definition) is 0. The monoisotopic (exact) mass is 330 g/mol. The average Bonchev–Trinajstić information content (AvgIpc) is 2.88. The van der Waals surface area contributed by atoms with Gasteiger partial charge in [-0.3, -0.25) is 0 Å². The van der Waals surface area contributed by atoms with Gasteiger partial charge in [-0.05, 0) is 59.9 Å². The van der Waals surface area contributed by atoms with Gasteiger partial charge in [0.2, 0.25) is 0 Å². The third-order valence-corrected chi connectivity index (χ3v) is 5.62. The third kappa shape index (κ3) is 3.17. The van der Waals surface area contributed by atoms with Gasteiger partial charge in [0.1, 0.15) is 5.82 Å². The van der Waals surface area contributed by atoms with Gasteiger partial charge in [0.05, 0.1) is 0 Å². The van der Waals surface area contributed by atoms with Crippen LogP contribution in [0.2, 0.25) is 0 Å². The smallest absolute Gasteiger partial charge is 0.131 e. The maximum absolute atomic E-state index is 14.5. The molecular formula is C21H24ClF. The molecule has 1 saturated carbocycles. The van der Waals surface area contributed by atoms with Crippen molar-refractivity contribution in [2.45, 2.75) is 51.8 Å². The highest BCUT2D eigenvalue weighted by Crippen LogP contribution is 2.51. The van der Waals surface area contributed by atoms with E-state index in [1.165, 1.54) is 24.8 Å². The van der Waals surface area contributed by atoms with Gasteiger partial charge in [-0.25, -0.2) is 4.39 Å². The van der Waals surface area contributed by atoms with E-state index in [1.54, 1.807) is 6.07 Å². The Morgan fingerprint density at radius 1 is 1.13 bits per heavy atom. The van der Waals surface area contributed by atoms with Crippen molar-refractivity contribution in [2.75, 3.05) is 0 Å². The van der Waals surface area contributed by atoms with Crippen molar-refractivity contribution < 1.29 is 4.39 Å². The van der Waals surface area contributed by atoms with Crippen LogP contribution in [0.25, 0.3) is 11.1 Å². The van der Waals surface area contributed by atoms with E-state index >= 15 is 0 Å². The first-order valence-electron chi connectivity index (χ1n) is 8.38. The van der Waals surface area contributed by atoms with Crippen molar-refractivity contribution in [2.24, 2.45) is 5.41 Å². The number of alkyl halides is 1. The van der Waals surface area contributed by atoms with Gasteiger partial charge < -0.3 is 0 Å². The van der Waals surface area contributed by atoms with Crippen LogP contribution >= 0.6 is 11.6 Å². The summed E-state index contributed by atoms with van der Waals surface area (Å²) in [5, 5.41) is 0. The molecule has 0 amide bonds. The lowest BCUT2D eigenvalue weighted by Crippen LogP contribution is -2.16. The molecule has 2 aromatic rings. The van der Waals surface area contributed by atoms with E-state index in [2.05, 4.69) is 26.0 Å². The molecule has 1 fully saturated rings. The van der Waals surface area contributed by atoms with Crippen molar-refractivity contribution in [3.63, 3.8) is 0 Å². The normalized spacial score (nSPS) is 20.0. The topological polar surface area (TPSA) is 0 Å². The van der Waals surface area contributed by atoms with Gasteiger partial charge in [0, 0.05) is 11.4 Å². The van der Waals surface area contributed by atoms with Gasteiger partial charge >= 0.3 is 0 Å². The molecule has 2 heteroatoms. The Hall–Kier alpha value is -1.34. The third-order valence-electron chi connectivity index (χ3n) is 5.31. The van der Waals surface area contributed by atoms with E-state index < -0.39 is 0 Å². The molecule has 0 unspecified atom stereocenters. The highest BCUT2D eigenvalue weighted by molar-refractivity contribution is 6.17. The molecule has 0 saturated heterocycles. The molecule has 0 bridgehead atoms. The molecule has 0 nitrogen and oxygen atoms in total. The highest BCUT2D eigenvalue weighted by atomic mass is 35.5. The van der Waals surface area contributed by atoms with Crippen LogP contribution in [0, 0.1) is 18.2 Å². The number of rotatable bonds is 3. The maximum Gasteiger partial charge on any atom is 0.131 e. The fraction of sp³-hybridized carbons (Fsp3) is 0.429.